The highest BCUT2D eigenvalue weighted by molar-refractivity contribution is 9.12. The molecule has 0 aliphatic heterocycles. The van der Waals surface area contributed by atoms with Crippen molar-refractivity contribution >= 4 is 112 Å². The summed E-state index contributed by atoms with van der Waals surface area (Å²) in [5, 5.41) is 0.819. The average Bonchev–Trinajstić information content (AvgIpc) is 2.80. The Kier molecular flexibility index (Phi) is 14.7. The minimum Gasteiger partial charge on any atom is -0.490 e. The molecule has 10 heteroatoms. The van der Waals surface area contributed by atoms with Gasteiger partial charge >= 0.3 is 0 Å². The summed E-state index contributed by atoms with van der Waals surface area (Å²) in [5.41, 5.74) is 2.03. The van der Waals surface area contributed by atoms with Gasteiger partial charge < -0.3 is 14.2 Å². The quantitative estimate of drug-likeness (QED) is 0.140. The highest BCUT2D eigenvalue weighted by atomic mass is 79.9. The van der Waals surface area contributed by atoms with Gasteiger partial charge in [0, 0.05) is 17.4 Å². The lowest BCUT2D eigenvalue weighted by molar-refractivity contribution is 0.122. The third kappa shape index (κ3) is 9.80. The summed E-state index contributed by atoms with van der Waals surface area (Å²) < 4.78 is 21.4. The first-order valence-corrected chi connectivity index (χ1v) is 17.3. The molecule has 0 bridgehead atoms. The molecule has 0 fully saturated rings. The van der Waals surface area contributed by atoms with E-state index in [1.807, 2.05) is 0 Å². The van der Waals surface area contributed by atoms with Crippen molar-refractivity contribution in [2.75, 3.05) is 31.8 Å². The average molecular weight is 937 g/mol. The van der Waals surface area contributed by atoms with Crippen LogP contribution in [0.5, 0.6) is 11.5 Å². The number of hydrogen-bond donors (Lipinski definition) is 0. The van der Waals surface area contributed by atoms with E-state index in [-0.39, 0.29) is 15.1 Å². The van der Waals surface area contributed by atoms with Crippen molar-refractivity contribution in [1.29, 1.82) is 0 Å². The van der Waals surface area contributed by atoms with Gasteiger partial charge in [-0.1, -0.05) is 75.0 Å². The second kappa shape index (κ2) is 15.8. The summed E-state index contributed by atoms with van der Waals surface area (Å²) in [5.74, 6) is 1.58. The van der Waals surface area contributed by atoms with Gasteiger partial charge in [0.2, 0.25) is 0 Å². The molecule has 3 nitrogen and oxygen atoms in total. The Morgan fingerprint density at radius 1 is 0.743 bits per heavy atom. The Morgan fingerprint density at radius 2 is 1.17 bits per heavy atom. The Morgan fingerprint density at radius 3 is 1.57 bits per heavy atom. The van der Waals surface area contributed by atoms with E-state index < -0.39 is 0 Å². The van der Waals surface area contributed by atoms with Gasteiger partial charge in [-0.05, 0) is 106 Å². The van der Waals surface area contributed by atoms with Crippen molar-refractivity contribution in [3.8, 4) is 11.5 Å². The summed E-state index contributed by atoms with van der Waals surface area (Å²) in [6.45, 7) is 9.05. The summed E-state index contributed by atoms with van der Waals surface area (Å²) in [4.78, 5) is 0.361. The van der Waals surface area contributed by atoms with E-state index in [4.69, 9.17) is 14.2 Å². The number of ether oxygens (including phenoxy) is 3. The van der Waals surface area contributed by atoms with Crippen LogP contribution in [-0.4, -0.2) is 41.4 Å². The van der Waals surface area contributed by atoms with Gasteiger partial charge in [-0.2, -0.15) is 0 Å². The number of rotatable bonds is 14. The molecule has 0 amide bonds. The molecule has 0 radical (unpaired) electrons. The first-order chi connectivity index (χ1) is 16.5. The highest BCUT2D eigenvalue weighted by Crippen LogP contribution is 2.44. The SMILES string of the molecule is CCCCOCC(Br)COc1c(Br)cc(C(C)(C)c2cc(Br)c(OCC(Br)CBr)c(Br)c2)cc1Br. The van der Waals surface area contributed by atoms with Gasteiger partial charge in [0.1, 0.15) is 24.7 Å². The van der Waals surface area contributed by atoms with Crippen molar-refractivity contribution in [1.82, 2.24) is 0 Å². The maximum atomic E-state index is 6.11. The monoisotopic (exact) mass is 930 g/mol. The largest absolute Gasteiger partial charge is 0.490 e. The Labute approximate surface area is 268 Å². The van der Waals surface area contributed by atoms with E-state index in [0.29, 0.717) is 19.8 Å². The third-order valence-electron chi connectivity index (χ3n) is 5.37. The van der Waals surface area contributed by atoms with Crippen LogP contribution in [0.15, 0.2) is 42.2 Å². The van der Waals surface area contributed by atoms with Crippen LogP contribution in [-0.2, 0) is 10.2 Å². The molecule has 0 spiro atoms. The first-order valence-electron chi connectivity index (χ1n) is 11.2. The molecule has 35 heavy (non-hydrogen) atoms. The van der Waals surface area contributed by atoms with Gasteiger partial charge in [0.05, 0.1) is 34.2 Å². The Hall–Kier alpha value is 1.36. The van der Waals surface area contributed by atoms with Gasteiger partial charge in [0.15, 0.2) is 0 Å². The van der Waals surface area contributed by atoms with Gasteiger partial charge in [-0.15, -0.1) is 0 Å². The highest BCUT2D eigenvalue weighted by Gasteiger charge is 2.27. The topological polar surface area (TPSA) is 27.7 Å². The summed E-state index contributed by atoms with van der Waals surface area (Å²) in [7, 11) is 0. The van der Waals surface area contributed by atoms with Gasteiger partial charge in [-0.25, -0.2) is 0 Å². The molecular weight excluding hydrogens is 908 g/mol. The lowest BCUT2D eigenvalue weighted by atomic mass is 9.78. The number of unbranched alkanes of at least 4 members (excludes halogenated alkanes) is 1. The zero-order chi connectivity index (χ0) is 26.2. The summed E-state index contributed by atoms with van der Waals surface area (Å²) in [6.07, 6.45) is 2.21. The molecule has 0 saturated heterocycles. The number of halogens is 7. The van der Waals surface area contributed by atoms with E-state index >= 15 is 0 Å². The van der Waals surface area contributed by atoms with Gasteiger partial charge in [0.25, 0.3) is 0 Å². The molecule has 2 aromatic carbocycles. The third-order valence-corrected chi connectivity index (χ3v) is 10.5. The fourth-order valence-electron chi connectivity index (χ4n) is 3.18. The predicted molar refractivity (Wildman–Crippen MR) is 172 cm³/mol. The molecular formula is C25H29Br7O3. The number of alkyl halides is 3. The maximum Gasteiger partial charge on any atom is 0.147 e. The van der Waals surface area contributed by atoms with Crippen LogP contribution in [0.4, 0.5) is 0 Å². The number of hydrogen-bond acceptors (Lipinski definition) is 3. The van der Waals surface area contributed by atoms with Crippen molar-refractivity contribution in [2.45, 2.75) is 48.7 Å². The zero-order valence-electron chi connectivity index (χ0n) is 19.8. The van der Waals surface area contributed by atoms with Crippen molar-refractivity contribution < 1.29 is 14.2 Å². The minimum atomic E-state index is -0.272. The molecule has 0 aliphatic rings. The Bertz CT molecular complexity index is 922. The second-order valence-electron chi connectivity index (χ2n) is 8.56. The minimum absolute atomic E-state index is 0.124. The first kappa shape index (κ1) is 32.6. The second-order valence-corrected chi connectivity index (χ2v) is 15.2. The fourth-order valence-corrected chi connectivity index (χ4v) is 6.65. The van der Waals surface area contributed by atoms with Crippen LogP contribution in [0.25, 0.3) is 0 Å². The van der Waals surface area contributed by atoms with Crippen molar-refractivity contribution in [3.05, 3.63) is 53.3 Å². The molecule has 0 aliphatic carbocycles. The lowest BCUT2D eigenvalue weighted by Gasteiger charge is -2.28. The van der Waals surface area contributed by atoms with E-state index in [9.17, 15) is 0 Å². The van der Waals surface area contributed by atoms with Crippen LogP contribution in [0.2, 0.25) is 0 Å². The molecule has 2 rings (SSSR count). The molecule has 2 aromatic rings. The smallest absolute Gasteiger partial charge is 0.147 e. The molecule has 0 saturated carbocycles. The van der Waals surface area contributed by atoms with E-state index in [1.54, 1.807) is 0 Å². The summed E-state index contributed by atoms with van der Waals surface area (Å²) in [6, 6.07) is 8.49. The van der Waals surface area contributed by atoms with E-state index in [2.05, 4.69) is 157 Å². The number of benzene rings is 2. The normalized spacial score (nSPS) is 13.5. The molecule has 196 valence electrons. The zero-order valence-corrected chi connectivity index (χ0v) is 30.9. The molecule has 0 N–H and O–H groups in total. The summed E-state index contributed by atoms with van der Waals surface area (Å²) >= 11 is 25.5. The maximum absolute atomic E-state index is 6.11. The molecule has 2 atom stereocenters. The molecule has 0 aromatic heterocycles. The standard InChI is InChI=1S/C25H29Br7O3/c1-4-5-6-33-12-18(28)14-35-24-21(31)9-16(10-22(24)32)25(2,3)15-7-19(29)23(20(30)8-15)34-13-17(27)11-26/h7-10,17-18H,4-6,11-14H2,1-3H3. The van der Waals surface area contributed by atoms with Crippen molar-refractivity contribution in [2.24, 2.45) is 0 Å². The Balaban J connectivity index is 2.18. The van der Waals surface area contributed by atoms with Crippen LogP contribution >= 0.6 is 112 Å². The van der Waals surface area contributed by atoms with E-state index in [1.165, 1.54) is 0 Å². The fraction of sp³-hybridized carbons (Fsp3) is 0.520. The van der Waals surface area contributed by atoms with Gasteiger partial charge in [-0.3, -0.25) is 0 Å². The van der Waals surface area contributed by atoms with E-state index in [0.717, 1.165) is 65.3 Å². The predicted octanol–water partition coefficient (Wildman–Crippen LogP) is 10.6. The molecule has 0 heterocycles. The van der Waals surface area contributed by atoms with Crippen LogP contribution in [0.3, 0.4) is 0 Å². The lowest BCUT2D eigenvalue weighted by Crippen LogP contribution is -2.20. The van der Waals surface area contributed by atoms with Crippen LogP contribution in [0, 0.1) is 0 Å². The van der Waals surface area contributed by atoms with Crippen molar-refractivity contribution in [3.63, 3.8) is 0 Å². The van der Waals surface area contributed by atoms with Crippen LogP contribution < -0.4 is 9.47 Å². The molecule has 2 unspecified atom stereocenters. The van der Waals surface area contributed by atoms with Crippen LogP contribution in [0.1, 0.15) is 44.7 Å².